The first kappa shape index (κ1) is 22.1. The summed E-state index contributed by atoms with van der Waals surface area (Å²) >= 11 is 0. The zero-order valence-corrected chi connectivity index (χ0v) is 20.4. The molecule has 2 amide bonds. The van der Waals surface area contributed by atoms with Gasteiger partial charge in [-0.3, -0.25) is 9.80 Å². The molecular weight excluding hydrogens is 412 g/mol. The van der Waals surface area contributed by atoms with Gasteiger partial charge in [0.15, 0.2) is 0 Å². The van der Waals surface area contributed by atoms with Gasteiger partial charge in [-0.25, -0.2) is 4.79 Å². The Kier molecular flexibility index (Phi) is 5.73. The van der Waals surface area contributed by atoms with E-state index in [0.717, 1.165) is 51.2 Å². The smallest absolute Gasteiger partial charge is 0.325 e. The molecule has 6 heteroatoms. The van der Waals surface area contributed by atoms with Crippen molar-refractivity contribution in [1.82, 2.24) is 19.7 Å². The highest BCUT2D eigenvalue weighted by Crippen LogP contribution is 2.48. The second-order valence-corrected chi connectivity index (χ2v) is 9.68. The van der Waals surface area contributed by atoms with Crippen molar-refractivity contribution in [3.63, 3.8) is 0 Å². The highest BCUT2D eigenvalue weighted by atomic mass is 16.5. The summed E-state index contributed by atoms with van der Waals surface area (Å²) in [5.74, 6) is 1.14. The van der Waals surface area contributed by atoms with Crippen molar-refractivity contribution in [2.75, 3.05) is 26.7 Å². The Morgan fingerprint density at radius 3 is 2.64 bits per heavy atom. The third-order valence-electron chi connectivity index (χ3n) is 7.91. The Labute approximate surface area is 197 Å². The summed E-state index contributed by atoms with van der Waals surface area (Å²) in [4.78, 5) is 23.8. The van der Waals surface area contributed by atoms with Gasteiger partial charge in [0.2, 0.25) is 0 Å². The molecule has 3 aliphatic rings. The first-order chi connectivity index (χ1) is 16.0. The Hall–Kier alpha value is -2.73. The number of aromatic nitrogens is 1. The number of carbonyl (C=O) groups excluding carboxylic acids is 1. The number of nitrogens with one attached hydrogen (secondary N) is 1. The predicted molar refractivity (Wildman–Crippen MR) is 130 cm³/mol. The van der Waals surface area contributed by atoms with Gasteiger partial charge in [-0.2, -0.15) is 0 Å². The molecule has 0 aliphatic carbocycles. The van der Waals surface area contributed by atoms with E-state index < -0.39 is 0 Å². The van der Waals surface area contributed by atoms with Gasteiger partial charge >= 0.3 is 6.03 Å². The molecule has 1 N–H and O–H groups in total. The first-order valence-electron chi connectivity index (χ1n) is 12.4. The number of nitrogens with zero attached hydrogens (tertiary/aromatic N) is 3. The predicted octanol–water partition coefficient (Wildman–Crippen LogP) is 4.88. The molecule has 3 aliphatic heterocycles. The molecule has 1 atom stereocenters. The Bertz CT molecular complexity index is 1050. The summed E-state index contributed by atoms with van der Waals surface area (Å²) in [7, 11) is 1.76. The Morgan fingerprint density at radius 2 is 2.00 bits per heavy atom. The number of benzene rings is 1. The minimum atomic E-state index is -0.213. The van der Waals surface area contributed by atoms with Crippen LogP contribution in [0, 0.1) is 0 Å². The summed E-state index contributed by atoms with van der Waals surface area (Å²) in [5, 5.41) is 0. The maximum atomic E-state index is 13.7. The minimum absolute atomic E-state index is 0.155. The fourth-order valence-corrected chi connectivity index (χ4v) is 6.23. The minimum Gasteiger partial charge on any atom is -0.496 e. The molecule has 33 heavy (non-hydrogen) atoms. The molecule has 2 saturated heterocycles. The van der Waals surface area contributed by atoms with Gasteiger partial charge in [0.05, 0.1) is 19.2 Å². The summed E-state index contributed by atoms with van der Waals surface area (Å²) in [5.41, 5.74) is 5.95. The summed E-state index contributed by atoms with van der Waals surface area (Å²) in [6, 6.07) is 8.80. The number of hydrogen-bond acceptors (Lipinski definition) is 3. The van der Waals surface area contributed by atoms with E-state index in [9.17, 15) is 4.79 Å². The van der Waals surface area contributed by atoms with Crippen LogP contribution in [-0.4, -0.2) is 58.0 Å². The van der Waals surface area contributed by atoms with Crippen molar-refractivity contribution in [2.24, 2.45) is 0 Å². The van der Waals surface area contributed by atoms with Crippen LogP contribution < -0.4 is 4.74 Å². The SMILES string of the molecule is CCc1cc2c(c(OC)c1)C(C)C=C1N(C2)C(=O)N(CC)C12CCN(Cc1ccc[nH]1)CC2. The van der Waals surface area contributed by atoms with E-state index in [2.05, 4.69) is 70.8 Å². The lowest BCUT2D eigenvalue weighted by atomic mass is 9.82. The number of aromatic amines is 1. The fraction of sp³-hybridized carbons (Fsp3) is 0.519. The van der Waals surface area contributed by atoms with E-state index in [1.54, 1.807) is 7.11 Å². The van der Waals surface area contributed by atoms with Gasteiger partial charge in [-0.15, -0.1) is 0 Å². The standard InChI is InChI=1S/C27H36N4O2/c1-5-20-15-21-17-30-24(14-19(3)25(21)23(16-20)33-4)27(31(6-2)26(30)32)9-12-29(13-10-27)18-22-8-7-11-28-22/h7-8,11,14-16,19,28H,5-6,9-10,12-13,17-18H2,1-4H3. The number of ether oxygens (including phenoxy) is 1. The number of carbonyl (C=O) groups is 1. The highest BCUT2D eigenvalue weighted by molar-refractivity contribution is 5.83. The Morgan fingerprint density at radius 1 is 1.21 bits per heavy atom. The molecule has 1 aromatic carbocycles. The molecule has 1 aromatic heterocycles. The largest absolute Gasteiger partial charge is 0.496 e. The topological polar surface area (TPSA) is 51.8 Å². The van der Waals surface area contributed by atoms with Crippen molar-refractivity contribution >= 4 is 6.03 Å². The third kappa shape index (κ3) is 3.55. The van der Waals surface area contributed by atoms with E-state index in [1.807, 2.05) is 6.20 Å². The number of rotatable bonds is 5. The fourth-order valence-electron chi connectivity index (χ4n) is 6.23. The number of methoxy groups -OCH3 is 1. The molecule has 5 rings (SSSR count). The molecule has 0 radical (unpaired) electrons. The normalized spacial score (nSPS) is 22.2. The van der Waals surface area contributed by atoms with Gasteiger partial charge in [0.1, 0.15) is 5.75 Å². The zero-order chi connectivity index (χ0) is 23.2. The van der Waals surface area contributed by atoms with Gasteiger partial charge in [-0.1, -0.05) is 26.0 Å². The lowest BCUT2D eigenvalue weighted by molar-refractivity contribution is 0.0882. The number of urea groups is 1. The quantitative estimate of drug-likeness (QED) is 0.709. The van der Waals surface area contributed by atoms with Crippen molar-refractivity contribution in [1.29, 1.82) is 0 Å². The van der Waals surface area contributed by atoms with Crippen LogP contribution in [0.1, 0.15) is 61.9 Å². The molecular formula is C27H36N4O2. The molecule has 1 spiro atoms. The van der Waals surface area contributed by atoms with Crippen LogP contribution in [0.25, 0.3) is 0 Å². The van der Waals surface area contributed by atoms with Gasteiger partial charge in [0, 0.05) is 55.2 Å². The van der Waals surface area contributed by atoms with Gasteiger partial charge in [-0.05, 0) is 55.5 Å². The van der Waals surface area contributed by atoms with Crippen molar-refractivity contribution in [2.45, 2.75) is 64.6 Å². The number of aryl methyl sites for hydroxylation is 1. The highest BCUT2D eigenvalue weighted by Gasteiger charge is 2.54. The zero-order valence-electron chi connectivity index (χ0n) is 20.4. The van der Waals surface area contributed by atoms with Crippen LogP contribution >= 0.6 is 0 Å². The summed E-state index contributed by atoms with van der Waals surface area (Å²) in [6.07, 6.45) is 7.23. The molecule has 4 heterocycles. The molecule has 2 fully saturated rings. The maximum absolute atomic E-state index is 13.7. The first-order valence-corrected chi connectivity index (χ1v) is 12.4. The number of likely N-dealkylation sites (tertiary alicyclic amines) is 1. The lowest BCUT2D eigenvalue weighted by Crippen LogP contribution is -2.53. The number of piperidine rings is 1. The molecule has 6 nitrogen and oxygen atoms in total. The molecule has 0 saturated carbocycles. The molecule has 2 aromatic rings. The van der Waals surface area contributed by atoms with Crippen LogP contribution in [0.5, 0.6) is 5.75 Å². The third-order valence-corrected chi connectivity index (χ3v) is 7.91. The van der Waals surface area contributed by atoms with Crippen LogP contribution in [-0.2, 0) is 19.5 Å². The average Bonchev–Trinajstić information content (AvgIpc) is 3.36. The van der Waals surface area contributed by atoms with Crippen molar-refractivity contribution < 1.29 is 9.53 Å². The molecule has 0 bridgehead atoms. The van der Waals surface area contributed by atoms with E-state index in [4.69, 9.17) is 4.74 Å². The van der Waals surface area contributed by atoms with Crippen LogP contribution in [0.2, 0.25) is 0 Å². The van der Waals surface area contributed by atoms with Crippen LogP contribution in [0.15, 0.2) is 42.2 Å². The number of amides is 2. The van der Waals surface area contributed by atoms with Gasteiger partial charge in [0.25, 0.3) is 0 Å². The maximum Gasteiger partial charge on any atom is 0.325 e. The second kappa shape index (κ2) is 8.56. The monoisotopic (exact) mass is 448 g/mol. The number of likely N-dealkylation sites (N-methyl/N-ethyl adjacent to an activating group) is 1. The van der Waals surface area contributed by atoms with Gasteiger partial charge < -0.3 is 14.6 Å². The van der Waals surface area contributed by atoms with E-state index in [1.165, 1.54) is 28.1 Å². The van der Waals surface area contributed by atoms with Crippen LogP contribution in [0.4, 0.5) is 4.79 Å². The summed E-state index contributed by atoms with van der Waals surface area (Å²) < 4.78 is 5.82. The van der Waals surface area contributed by atoms with Crippen LogP contribution in [0.3, 0.4) is 0 Å². The van der Waals surface area contributed by atoms with E-state index in [0.29, 0.717) is 6.54 Å². The van der Waals surface area contributed by atoms with E-state index in [-0.39, 0.29) is 17.5 Å². The Balaban J connectivity index is 1.49. The number of H-pyrrole nitrogens is 1. The summed E-state index contributed by atoms with van der Waals surface area (Å²) in [6.45, 7) is 10.8. The second-order valence-electron chi connectivity index (χ2n) is 9.68. The number of fused-ring (bicyclic) bond motifs is 3. The van der Waals surface area contributed by atoms with Crippen molar-refractivity contribution in [3.8, 4) is 5.75 Å². The molecule has 176 valence electrons. The number of hydrogen-bond donors (Lipinski definition) is 1. The van der Waals surface area contributed by atoms with E-state index >= 15 is 0 Å². The lowest BCUT2D eigenvalue weighted by Gasteiger charge is -2.44. The average molecular weight is 449 g/mol. The number of allylic oxidation sites excluding steroid dienone is 1. The molecule has 1 unspecified atom stereocenters. The van der Waals surface area contributed by atoms with Crippen molar-refractivity contribution in [3.05, 3.63) is 64.6 Å².